The minimum Gasteiger partial charge on any atom is -0.466 e. The Morgan fingerprint density at radius 2 is 0.897 bits per heavy atom. The number of pyridine rings is 4. The Labute approximate surface area is 401 Å². The fraction of sp³-hybridized carbons (Fsp3) is 0.267. The van der Waals surface area contributed by atoms with E-state index in [1.807, 2.05) is 60.7 Å². The average Bonchev–Trinajstić information content (AvgIpc) is 3.39. The van der Waals surface area contributed by atoms with Crippen LogP contribution in [-0.4, -0.2) is 47.7 Å². The number of aromatic nitrogens is 4. The quantitative estimate of drug-likeness (QED) is 0.0450. The van der Waals surface area contributed by atoms with Gasteiger partial charge in [0.2, 0.25) is 0 Å². The van der Waals surface area contributed by atoms with Crippen molar-refractivity contribution in [1.82, 2.24) is 19.9 Å². The smallest absolute Gasteiger partial charge is 0.188 e. The zero-order chi connectivity index (χ0) is 46.9. The van der Waals surface area contributed by atoms with Gasteiger partial charge < -0.3 is 18.9 Å². The average molecular weight is 899 g/mol. The predicted molar refractivity (Wildman–Crippen MR) is 274 cm³/mol. The molecule has 342 valence electrons. The third kappa shape index (κ3) is 11.8. The molecule has 68 heavy (non-hydrogen) atoms. The van der Waals surface area contributed by atoms with Crippen molar-refractivity contribution in [3.05, 3.63) is 167 Å². The number of rotatable bonds is 19. The summed E-state index contributed by atoms with van der Waals surface area (Å²) < 4.78 is 24.7. The van der Waals surface area contributed by atoms with E-state index in [-0.39, 0.29) is 13.6 Å². The first-order chi connectivity index (χ1) is 33.6. The minimum atomic E-state index is -0.00186. The summed E-state index contributed by atoms with van der Waals surface area (Å²) in [5, 5.41) is 4.07. The van der Waals surface area contributed by atoms with Gasteiger partial charge in [0, 0.05) is 61.3 Å². The van der Waals surface area contributed by atoms with Gasteiger partial charge in [-0.3, -0.25) is 19.9 Å². The monoisotopic (exact) mass is 898 g/mol. The van der Waals surface area contributed by atoms with Crippen LogP contribution < -0.4 is 9.47 Å². The van der Waals surface area contributed by atoms with Crippen LogP contribution in [0.15, 0.2) is 134 Å². The second-order valence-corrected chi connectivity index (χ2v) is 16.9. The number of fused-ring (bicyclic) bond motifs is 2. The molecule has 0 bridgehead atoms. The summed E-state index contributed by atoms with van der Waals surface area (Å²) in [6.07, 6.45) is 18.5. The predicted octanol–water partition coefficient (Wildman–Crippen LogP) is 13.6. The van der Waals surface area contributed by atoms with Crippen LogP contribution in [0.5, 0.6) is 11.5 Å². The molecule has 8 rings (SSSR count). The van der Waals surface area contributed by atoms with Crippen molar-refractivity contribution in [3.8, 4) is 69.1 Å². The highest BCUT2D eigenvalue weighted by Gasteiger charge is 2.25. The van der Waals surface area contributed by atoms with Crippen LogP contribution in [0.2, 0.25) is 0 Å². The molecule has 4 aromatic carbocycles. The van der Waals surface area contributed by atoms with E-state index in [9.17, 15) is 0 Å². The highest BCUT2D eigenvalue weighted by Crippen LogP contribution is 2.49. The first kappa shape index (κ1) is 47.1. The normalized spacial score (nSPS) is 10.9. The lowest BCUT2D eigenvalue weighted by Gasteiger charge is -2.22. The van der Waals surface area contributed by atoms with E-state index in [2.05, 4.69) is 96.0 Å². The van der Waals surface area contributed by atoms with Crippen molar-refractivity contribution in [3.63, 3.8) is 0 Å². The molecule has 0 fully saturated rings. The molecule has 0 saturated heterocycles. The van der Waals surface area contributed by atoms with Crippen molar-refractivity contribution in [2.75, 3.05) is 27.8 Å². The van der Waals surface area contributed by atoms with E-state index in [0.717, 1.165) is 92.3 Å². The molecular formula is C60H58N4O4. The molecule has 8 heteroatoms. The SMILES string of the molecule is CCCCCCc1ccc2c(-c3c(OCOC)c(C#Cc4ccc(-c5ccccn5)nc4)cc4cc(CCCCCC)ccc34)c(OCOC)c(C#Cc3ccc(-c4ccccn4)nc3)cc2c1. The number of benzene rings is 4. The molecule has 0 unspecified atom stereocenters. The summed E-state index contributed by atoms with van der Waals surface area (Å²) in [6.45, 7) is 4.49. The number of hydrogen-bond acceptors (Lipinski definition) is 8. The number of unbranched alkanes of at least 4 members (excludes halogenated alkanes) is 6. The topological polar surface area (TPSA) is 88.5 Å². The van der Waals surface area contributed by atoms with Crippen LogP contribution in [0, 0.1) is 23.7 Å². The molecule has 0 spiro atoms. The van der Waals surface area contributed by atoms with E-state index in [1.165, 1.54) is 49.7 Å². The van der Waals surface area contributed by atoms with Crippen molar-refractivity contribution in [2.45, 2.75) is 78.1 Å². The lowest BCUT2D eigenvalue weighted by atomic mass is 9.87. The maximum Gasteiger partial charge on any atom is 0.188 e. The fourth-order valence-corrected chi connectivity index (χ4v) is 8.46. The van der Waals surface area contributed by atoms with E-state index >= 15 is 0 Å². The summed E-state index contributed by atoms with van der Waals surface area (Å²) in [5.74, 6) is 15.0. The highest BCUT2D eigenvalue weighted by molar-refractivity contribution is 6.11. The van der Waals surface area contributed by atoms with Gasteiger partial charge >= 0.3 is 0 Å². The molecule has 0 saturated carbocycles. The van der Waals surface area contributed by atoms with Crippen LogP contribution in [0.4, 0.5) is 0 Å². The third-order valence-corrected chi connectivity index (χ3v) is 11.9. The Hall–Kier alpha value is -7.36. The molecule has 0 aliphatic heterocycles. The van der Waals surface area contributed by atoms with Gasteiger partial charge in [0.1, 0.15) is 11.5 Å². The third-order valence-electron chi connectivity index (χ3n) is 11.9. The summed E-state index contributed by atoms with van der Waals surface area (Å²) in [6, 6.07) is 37.3. The molecule has 0 N–H and O–H groups in total. The molecule has 4 heterocycles. The largest absolute Gasteiger partial charge is 0.466 e. The first-order valence-electron chi connectivity index (χ1n) is 23.8. The van der Waals surface area contributed by atoms with Crippen LogP contribution in [0.25, 0.3) is 55.4 Å². The number of ether oxygens (including phenoxy) is 4. The van der Waals surface area contributed by atoms with Gasteiger partial charge in [-0.2, -0.15) is 0 Å². The Morgan fingerprint density at radius 3 is 1.28 bits per heavy atom. The molecular weight excluding hydrogens is 841 g/mol. The summed E-state index contributed by atoms with van der Waals surface area (Å²) in [5.41, 5.74) is 10.3. The second-order valence-electron chi connectivity index (χ2n) is 16.9. The van der Waals surface area contributed by atoms with Gasteiger partial charge in [0.15, 0.2) is 13.6 Å². The van der Waals surface area contributed by atoms with Crippen molar-refractivity contribution < 1.29 is 18.9 Å². The highest BCUT2D eigenvalue weighted by atomic mass is 16.7. The Morgan fingerprint density at radius 1 is 0.441 bits per heavy atom. The maximum atomic E-state index is 6.71. The molecule has 8 aromatic rings. The second kappa shape index (κ2) is 23.9. The number of hydrogen-bond donors (Lipinski definition) is 0. The lowest BCUT2D eigenvalue weighted by molar-refractivity contribution is 0.0500. The molecule has 0 atom stereocenters. The van der Waals surface area contributed by atoms with E-state index < -0.39 is 0 Å². The van der Waals surface area contributed by atoms with Crippen molar-refractivity contribution in [2.24, 2.45) is 0 Å². The number of aryl methyl sites for hydroxylation is 2. The molecule has 8 nitrogen and oxygen atoms in total. The molecule has 0 aliphatic rings. The standard InChI is InChI=1S/C60H58N4O4/c1-5-7-9-11-17-43-23-29-51-49(35-43)37-47(27-21-45-25-31-55(63-39-45)53-19-13-15-33-61-53)59(67-41-65-3)57(51)58-52-30-24-44(18-12-10-8-6-2)36-50(52)38-48(60(58)68-42-66-4)28-22-46-26-32-56(64-40-46)54-20-14-16-34-62-54/h13-16,19-20,23-26,29-40H,5-12,17-18,41-42H2,1-4H3. The van der Waals surface area contributed by atoms with Gasteiger partial charge in [-0.25, -0.2) is 0 Å². The van der Waals surface area contributed by atoms with Crippen LogP contribution in [0.1, 0.15) is 98.6 Å². The van der Waals surface area contributed by atoms with Crippen LogP contribution in [-0.2, 0) is 22.3 Å². The van der Waals surface area contributed by atoms with Gasteiger partial charge in [-0.1, -0.05) is 125 Å². The van der Waals surface area contributed by atoms with Gasteiger partial charge in [0.25, 0.3) is 0 Å². The Balaban J connectivity index is 1.36. The number of nitrogens with zero attached hydrogens (tertiary/aromatic N) is 4. The molecule has 4 aromatic heterocycles. The van der Waals surface area contributed by atoms with E-state index in [1.54, 1.807) is 39.0 Å². The first-order valence-corrected chi connectivity index (χ1v) is 23.8. The summed E-state index contributed by atoms with van der Waals surface area (Å²) in [4.78, 5) is 18.4. The van der Waals surface area contributed by atoms with E-state index in [0.29, 0.717) is 22.6 Å². The molecule has 0 radical (unpaired) electrons. The van der Waals surface area contributed by atoms with Crippen molar-refractivity contribution >= 4 is 21.5 Å². The van der Waals surface area contributed by atoms with Crippen LogP contribution >= 0.6 is 0 Å². The van der Waals surface area contributed by atoms with Gasteiger partial charge in [-0.15, -0.1) is 0 Å². The van der Waals surface area contributed by atoms with Gasteiger partial charge in [-0.05, 0) is 119 Å². The van der Waals surface area contributed by atoms with E-state index in [4.69, 9.17) is 28.9 Å². The Bertz CT molecular complexity index is 2850. The number of methoxy groups -OCH3 is 2. The minimum absolute atomic E-state index is 0.00186. The summed E-state index contributed by atoms with van der Waals surface area (Å²) >= 11 is 0. The maximum absolute atomic E-state index is 6.71. The zero-order valence-electron chi connectivity index (χ0n) is 39.6. The zero-order valence-corrected chi connectivity index (χ0v) is 39.6. The van der Waals surface area contributed by atoms with Gasteiger partial charge in [0.05, 0.1) is 33.9 Å². The molecule has 0 amide bonds. The van der Waals surface area contributed by atoms with Crippen LogP contribution in [0.3, 0.4) is 0 Å². The summed E-state index contributed by atoms with van der Waals surface area (Å²) in [7, 11) is 3.26. The molecule has 0 aliphatic carbocycles. The fourth-order valence-electron chi connectivity index (χ4n) is 8.46. The van der Waals surface area contributed by atoms with Crippen molar-refractivity contribution in [1.29, 1.82) is 0 Å². The lowest BCUT2D eigenvalue weighted by Crippen LogP contribution is -2.07. The Kier molecular flexibility index (Phi) is 16.6.